The molecule has 3 rings (SSSR count). The van der Waals surface area contributed by atoms with E-state index in [1.165, 1.54) is 42.5 Å². The van der Waals surface area contributed by atoms with Crippen LogP contribution in [0.1, 0.15) is 16.7 Å². The van der Waals surface area contributed by atoms with Crippen molar-refractivity contribution in [3.63, 3.8) is 0 Å². The van der Waals surface area contributed by atoms with Crippen LogP contribution in [-0.2, 0) is 36.3 Å². The van der Waals surface area contributed by atoms with Gasteiger partial charge in [0.2, 0.25) is 5.41 Å². The van der Waals surface area contributed by atoms with E-state index in [0.717, 1.165) is 0 Å². The molecule has 1 aliphatic rings. The molecule has 2 aromatic rings. The summed E-state index contributed by atoms with van der Waals surface area (Å²) in [6, 6.07) is 12.8. The molecule has 26 heavy (non-hydrogen) atoms. The molecule has 0 fully saturated rings. The third-order valence-corrected chi connectivity index (χ3v) is 6.36. The summed E-state index contributed by atoms with van der Waals surface area (Å²) in [4.78, 5) is 24.4. The topological polar surface area (TPSA) is 129 Å². The average molecular weight is 401 g/mol. The van der Waals surface area contributed by atoms with Gasteiger partial charge >= 0.3 is 11.9 Å². The Balaban J connectivity index is 0.00000243. The van der Waals surface area contributed by atoms with Crippen LogP contribution in [0.15, 0.2) is 54.6 Å². The Bertz CT molecular complexity index is 958. The molecule has 0 amide bonds. The van der Waals surface area contributed by atoms with Crippen LogP contribution in [-0.4, -0.2) is 86.5 Å². The minimum atomic E-state index is -5.14. The van der Waals surface area contributed by atoms with Crippen LogP contribution in [0.5, 0.6) is 0 Å². The maximum Gasteiger partial charge on any atom is 0.327 e. The van der Waals surface area contributed by atoms with Crippen molar-refractivity contribution in [1.82, 2.24) is 0 Å². The zero-order valence-electron chi connectivity index (χ0n) is 13.8. The monoisotopic (exact) mass is 401 g/mol. The number of hydrogen-bond donors (Lipinski definition) is 3. The van der Waals surface area contributed by atoms with Crippen LogP contribution in [0.3, 0.4) is 0 Å². The van der Waals surface area contributed by atoms with E-state index in [1.54, 1.807) is 12.1 Å². The summed E-state index contributed by atoms with van der Waals surface area (Å²) in [5.74, 6) is -3.71. The molecule has 131 valence electrons. The molecule has 1 atom stereocenters. The van der Waals surface area contributed by atoms with Crippen LogP contribution < -0.4 is 0 Å². The predicted molar refractivity (Wildman–Crippen MR) is 92.5 cm³/mol. The zero-order chi connectivity index (χ0) is 18.5. The van der Waals surface area contributed by atoms with Gasteiger partial charge in [-0.3, -0.25) is 14.1 Å². The van der Waals surface area contributed by atoms with E-state index in [4.69, 9.17) is 0 Å². The minimum absolute atomic E-state index is 0. The van der Waals surface area contributed by atoms with Crippen molar-refractivity contribution in [2.75, 3.05) is 0 Å². The Morgan fingerprint density at radius 2 is 1.38 bits per heavy atom. The molecule has 0 saturated carbocycles. The number of carboxylic acid groups (broad SMARTS) is 2. The fourth-order valence-electron chi connectivity index (χ4n) is 3.79. The van der Waals surface area contributed by atoms with E-state index in [9.17, 15) is 32.8 Å². The molecule has 0 spiro atoms. The standard InChI is InChI=1S/C17H14O7S.K/c18-14(19)17(15(20)21)13-9-5-4-6-11(13)10-16(17,25(22,23)24)12-7-2-1-3-8-12;/h1-9H,10H2,(H,18,19)(H,20,21)(H,22,23,24);. The summed E-state index contributed by atoms with van der Waals surface area (Å²) in [7, 11) is -5.14. The first kappa shape index (κ1) is 21.2. The van der Waals surface area contributed by atoms with Crippen LogP contribution >= 0.6 is 0 Å². The van der Waals surface area contributed by atoms with Crippen molar-refractivity contribution in [3.05, 3.63) is 71.3 Å². The fourth-order valence-corrected chi connectivity index (χ4v) is 5.23. The molecule has 9 heteroatoms. The van der Waals surface area contributed by atoms with Gasteiger partial charge in [-0.1, -0.05) is 54.6 Å². The Labute approximate surface area is 192 Å². The maximum atomic E-state index is 12.5. The van der Waals surface area contributed by atoms with E-state index >= 15 is 0 Å². The van der Waals surface area contributed by atoms with Crippen molar-refractivity contribution in [1.29, 1.82) is 0 Å². The third-order valence-electron chi connectivity index (χ3n) is 4.79. The molecule has 0 aromatic heterocycles. The molecule has 1 unspecified atom stereocenters. The Morgan fingerprint density at radius 3 is 1.88 bits per heavy atom. The van der Waals surface area contributed by atoms with Gasteiger partial charge in [-0.25, -0.2) is 0 Å². The first-order valence-electron chi connectivity index (χ1n) is 7.27. The van der Waals surface area contributed by atoms with E-state index in [-0.39, 0.29) is 68.1 Å². The Hall–Kier alpha value is -1.07. The smallest absolute Gasteiger partial charge is 0.327 e. The fraction of sp³-hybridized carbons (Fsp3) is 0.176. The first-order valence-corrected chi connectivity index (χ1v) is 8.71. The molecule has 0 saturated heterocycles. The molecule has 0 heterocycles. The van der Waals surface area contributed by atoms with Gasteiger partial charge in [0.05, 0.1) is 0 Å². The Kier molecular flexibility index (Phi) is 5.84. The van der Waals surface area contributed by atoms with Crippen molar-refractivity contribution in [3.8, 4) is 0 Å². The summed E-state index contributed by atoms with van der Waals surface area (Å²) in [5.41, 5.74) is -2.89. The summed E-state index contributed by atoms with van der Waals surface area (Å²) in [6.45, 7) is 0. The molecule has 7 nitrogen and oxygen atoms in total. The van der Waals surface area contributed by atoms with E-state index in [2.05, 4.69) is 0 Å². The average Bonchev–Trinajstić information content (AvgIpc) is 2.88. The van der Waals surface area contributed by atoms with Gasteiger partial charge in [0.1, 0.15) is 0 Å². The van der Waals surface area contributed by atoms with Gasteiger partial charge < -0.3 is 10.2 Å². The summed E-state index contributed by atoms with van der Waals surface area (Å²) < 4.78 is 32.4. The number of hydrogen-bond acceptors (Lipinski definition) is 4. The predicted octanol–water partition coefficient (Wildman–Crippen LogP) is 1.05. The van der Waals surface area contributed by atoms with Crippen molar-refractivity contribution < 1.29 is 32.8 Å². The van der Waals surface area contributed by atoms with Gasteiger partial charge in [-0.05, 0) is 16.7 Å². The second-order valence-corrected chi connectivity index (χ2v) is 7.51. The number of carbonyl (C=O) groups is 2. The summed E-state index contributed by atoms with van der Waals surface area (Å²) >= 11 is 0. The number of aliphatic carboxylic acids is 2. The maximum absolute atomic E-state index is 12.5. The SMILES string of the molecule is O=C(O)C1(C(=O)O)c2ccccc2CC1(c1ccccc1)S(=O)(=O)O.[K]. The number of rotatable bonds is 4. The normalized spacial score (nSPS) is 20.7. The van der Waals surface area contributed by atoms with E-state index < -0.39 is 38.6 Å². The second kappa shape index (κ2) is 7.15. The zero-order valence-corrected chi connectivity index (χ0v) is 17.7. The van der Waals surface area contributed by atoms with Crippen molar-refractivity contribution in [2.24, 2.45) is 0 Å². The van der Waals surface area contributed by atoms with Crippen molar-refractivity contribution >= 4 is 73.4 Å². The van der Waals surface area contributed by atoms with Gasteiger partial charge in [0.15, 0.2) is 4.75 Å². The minimum Gasteiger partial charge on any atom is -0.480 e. The number of carboxylic acids is 2. The largest absolute Gasteiger partial charge is 0.480 e. The van der Waals surface area contributed by atoms with Gasteiger partial charge in [0.25, 0.3) is 10.1 Å². The molecular weight excluding hydrogens is 387 g/mol. The summed E-state index contributed by atoms with van der Waals surface area (Å²) in [5, 5.41) is 19.8. The quantitative estimate of drug-likeness (QED) is 0.397. The second-order valence-electron chi connectivity index (χ2n) is 5.86. The number of benzene rings is 2. The van der Waals surface area contributed by atoms with Crippen LogP contribution in [0.25, 0.3) is 0 Å². The van der Waals surface area contributed by atoms with Gasteiger partial charge in [0, 0.05) is 57.8 Å². The third kappa shape index (κ3) is 2.61. The molecule has 1 aliphatic carbocycles. The molecule has 2 aromatic carbocycles. The molecule has 3 N–H and O–H groups in total. The molecular formula is C17H14KO7S. The number of fused-ring (bicyclic) bond motifs is 1. The van der Waals surface area contributed by atoms with E-state index in [0.29, 0.717) is 0 Å². The molecule has 1 radical (unpaired) electrons. The van der Waals surface area contributed by atoms with Crippen LogP contribution in [0.4, 0.5) is 0 Å². The van der Waals surface area contributed by atoms with Crippen molar-refractivity contribution in [2.45, 2.75) is 16.6 Å². The van der Waals surface area contributed by atoms with Gasteiger partial charge in [-0.2, -0.15) is 8.42 Å². The van der Waals surface area contributed by atoms with E-state index in [1.807, 2.05) is 0 Å². The molecule has 0 bridgehead atoms. The van der Waals surface area contributed by atoms with Crippen LogP contribution in [0.2, 0.25) is 0 Å². The van der Waals surface area contributed by atoms with Gasteiger partial charge in [-0.15, -0.1) is 0 Å². The molecule has 0 aliphatic heterocycles. The summed E-state index contributed by atoms with van der Waals surface area (Å²) in [6.07, 6.45) is -0.468. The van der Waals surface area contributed by atoms with Crippen LogP contribution in [0, 0.1) is 0 Å². The Morgan fingerprint density at radius 1 is 0.885 bits per heavy atom. The first-order chi connectivity index (χ1) is 11.7.